The van der Waals surface area contributed by atoms with Gasteiger partial charge in [0.25, 0.3) is 0 Å². The first-order chi connectivity index (χ1) is 6.69. The van der Waals surface area contributed by atoms with Gasteiger partial charge in [-0.05, 0) is 31.9 Å². The van der Waals surface area contributed by atoms with Crippen molar-refractivity contribution < 1.29 is 9.84 Å². The fourth-order valence-corrected chi connectivity index (χ4v) is 1.29. The molecule has 3 heteroatoms. The van der Waals surface area contributed by atoms with Crippen LogP contribution in [0.3, 0.4) is 0 Å². The van der Waals surface area contributed by atoms with Gasteiger partial charge >= 0.3 is 0 Å². The molecule has 0 aliphatic rings. The van der Waals surface area contributed by atoms with Crippen LogP contribution in [0.4, 0.5) is 0 Å². The molecule has 1 rings (SSSR count). The zero-order chi connectivity index (χ0) is 10.6. The van der Waals surface area contributed by atoms with Gasteiger partial charge < -0.3 is 9.84 Å². The maximum atomic E-state index is 9.59. The van der Waals surface area contributed by atoms with Crippen molar-refractivity contribution in [3.8, 4) is 5.88 Å². The minimum absolute atomic E-state index is 0.420. The van der Waals surface area contributed by atoms with Crippen LogP contribution in [0.2, 0.25) is 0 Å². The maximum Gasteiger partial charge on any atom is 0.216 e. The van der Waals surface area contributed by atoms with E-state index in [0.717, 1.165) is 11.1 Å². The Balaban J connectivity index is 2.88. The highest BCUT2D eigenvalue weighted by Crippen LogP contribution is 2.21. The molecule has 1 atom stereocenters. The van der Waals surface area contributed by atoms with Gasteiger partial charge in [-0.1, -0.05) is 6.92 Å². The standard InChI is InChI=1S/C11H17NO2/c1-4-10(13)9-6-8(3)11(12-7-9)14-5-2/h6-7,10,13H,4-5H2,1-3H3/t10-/m1/s1. The van der Waals surface area contributed by atoms with Crippen LogP contribution in [-0.2, 0) is 0 Å². The number of aliphatic hydroxyl groups excluding tert-OH is 1. The minimum atomic E-state index is -0.420. The number of aromatic nitrogens is 1. The van der Waals surface area contributed by atoms with Crippen molar-refractivity contribution in [2.75, 3.05) is 6.61 Å². The number of hydrogen-bond acceptors (Lipinski definition) is 3. The SMILES string of the molecule is CCOc1ncc([C@H](O)CC)cc1C. The second-order valence-corrected chi connectivity index (χ2v) is 3.25. The fraction of sp³-hybridized carbons (Fsp3) is 0.545. The molecule has 0 amide bonds. The Morgan fingerprint density at radius 2 is 2.21 bits per heavy atom. The molecule has 0 aliphatic heterocycles. The topological polar surface area (TPSA) is 42.4 Å². The van der Waals surface area contributed by atoms with Crippen LogP contribution in [-0.4, -0.2) is 16.7 Å². The number of aryl methyl sites for hydroxylation is 1. The number of hydrogen-bond donors (Lipinski definition) is 1. The molecule has 0 saturated carbocycles. The van der Waals surface area contributed by atoms with Gasteiger partial charge in [-0.15, -0.1) is 0 Å². The van der Waals surface area contributed by atoms with E-state index in [0.29, 0.717) is 18.9 Å². The van der Waals surface area contributed by atoms with E-state index in [9.17, 15) is 5.11 Å². The van der Waals surface area contributed by atoms with Gasteiger partial charge in [-0.3, -0.25) is 0 Å². The van der Waals surface area contributed by atoms with Gasteiger partial charge in [0, 0.05) is 11.8 Å². The Kier molecular flexibility index (Phi) is 3.89. The summed E-state index contributed by atoms with van der Waals surface area (Å²) in [5, 5.41) is 9.59. The van der Waals surface area contributed by atoms with E-state index in [1.54, 1.807) is 6.20 Å². The summed E-state index contributed by atoms with van der Waals surface area (Å²) in [5.74, 6) is 0.652. The number of ether oxygens (including phenoxy) is 1. The summed E-state index contributed by atoms with van der Waals surface area (Å²) in [5.41, 5.74) is 1.82. The van der Waals surface area contributed by atoms with Crippen LogP contribution in [0, 0.1) is 6.92 Å². The minimum Gasteiger partial charge on any atom is -0.478 e. The van der Waals surface area contributed by atoms with Crippen LogP contribution in [0.25, 0.3) is 0 Å². The second-order valence-electron chi connectivity index (χ2n) is 3.25. The highest BCUT2D eigenvalue weighted by molar-refractivity contribution is 5.29. The van der Waals surface area contributed by atoms with E-state index >= 15 is 0 Å². The van der Waals surface area contributed by atoms with E-state index in [1.807, 2.05) is 26.8 Å². The van der Waals surface area contributed by atoms with Gasteiger partial charge in [0.05, 0.1) is 12.7 Å². The van der Waals surface area contributed by atoms with E-state index in [-0.39, 0.29) is 0 Å². The zero-order valence-corrected chi connectivity index (χ0v) is 8.95. The number of nitrogens with zero attached hydrogens (tertiary/aromatic N) is 1. The Labute approximate surface area is 84.7 Å². The van der Waals surface area contributed by atoms with Crippen molar-refractivity contribution in [2.45, 2.75) is 33.3 Å². The summed E-state index contributed by atoms with van der Waals surface area (Å²) >= 11 is 0. The summed E-state index contributed by atoms with van der Waals surface area (Å²) in [7, 11) is 0. The summed E-state index contributed by atoms with van der Waals surface area (Å²) in [6, 6.07) is 1.92. The summed E-state index contributed by atoms with van der Waals surface area (Å²) in [4.78, 5) is 4.15. The highest BCUT2D eigenvalue weighted by atomic mass is 16.5. The molecule has 1 aromatic rings. The van der Waals surface area contributed by atoms with Crippen molar-refractivity contribution in [1.82, 2.24) is 4.98 Å². The highest BCUT2D eigenvalue weighted by Gasteiger charge is 2.08. The van der Waals surface area contributed by atoms with Gasteiger partial charge in [-0.25, -0.2) is 4.98 Å². The van der Waals surface area contributed by atoms with Gasteiger partial charge in [0.2, 0.25) is 5.88 Å². The molecular weight excluding hydrogens is 178 g/mol. The molecule has 1 aromatic heterocycles. The monoisotopic (exact) mass is 195 g/mol. The Bertz CT molecular complexity index is 299. The van der Waals surface area contributed by atoms with Crippen molar-refractivity contribution in [3.63, 3.8) is 0 Å². The summed E-state index contributed by atoms with van der Waals surface area (Å²) in [6.45, 7) is 6.42. The lowest BCUT2D eigenvalue weighted by molar-refractivity contribution is 0.173. The van der Waals surface area contributed by atoms with Crippen LogP contribution in [0.15, 0.2) is 12.3 Å². The molecule has 3 nitrogen and oxygen atoms in total. The van der Waals surface area contributed by atoms with Gasteiger partial charge in [0.1, 0.15) is 0 Å². The lowest BCUT2D eigenvalue weighted by atomic mass is 10.1. The molecule has 1 N–H and O–H groups in total. The van der Waals surface area contributed by atoms with Crippen LogP contribution in [0.1, 0.15) is 37.5 Å². The van der Waals surface area contributed by atoms with Gasteiger partial charge in [0.15, 0.2) is 0 Å². The van der Waals surface area contributed by atoms with Crippen molar-refractivity contribution in [1.29, 1.82) is 0 Å². The predicted octanol–water partition coefficient (Wildman–Crippen LogP) is 2.23. The molecule has 0 aromatic carbocycles. The molecule has 0 spiro atoms. The maximum absolute atomic E-state index is 9.59. The van der Waals surface area contributed by atoms with Crippen molar-refractivity contribution in [3.05, 3.63) is 23.4 Å². The van der Waals surface area contributed by atoms with E-state index in [4.69, 9.17) is 4.74 Å². The Hall–Kier alpha value is -1.09. The molecule has 0 fully saturated rings. The first kappa shape index (κ1) is 11.0. The molecule has 0 aliphatic carbocycles. The van der Waals surface area contributed by atoms with Crippen LogP contribution < -0.4 is 4.74 Å². The molecule has 1 heterocycles. The largest absolute Gasteiger partial charge is 0.478 e. The number of rotatable bonds is 4. The van der Waals surface area contributed by atoms with Gasteiger partial charge in [-0.2, -0.15) is 0 Å². The molecular formula is C11H17NO2. The number of aliphatic hydroxyl groups is 1. The lowest BCUT2D eigenvalue weighted by Crippen LogP contribution is -2.01. The first-order valence-electron chi connectivity index (χ1n) is 4.96. The number of pyridine rings is 1. The average Bonchev–Trinajstić information content (AvgIpc) is 2.20. The smallest absolute Gasteiger partial charge is 0.216 e. The molecule has 0 radical (unpaired) electrons. The average molecular weight is 195 g/mol. The third-order valence-electron chi connectivity index (χ3n) is 2.10. The third-order valence-corrected chi connectivity index (χ3v) is 2.10. The van der Waals surface area contributed by atoms with Crippen LogP contribution in [0.5, 0.6) is 5.88 Å². The third kappa shape index (κ3) is 2.45. The predicted molar refractivity (Wildman–Crippen MR) is 55.4 cm³/mol. The quantitative estimate of drug-likeness (QED) is 0.801. The van der Waals surface area contributed by atoms with E-state index < -0.39 is 6.10 Å². The van der Waals surface area contributed by atoms with Crippen molar-refractivity contribution >= 4 is 0 Å². The normalized spacial score (nSPS) is 12.6. The molecule has 0 unspecified atom stereocenters. The lowest BCUT2D eigenvalue weighted by Gasteiger charge is -2.10. The van der Waals surface area contributed by atoms with E-state index in [1.165, 1.54) is 0 Å². The first-order valence-corrected chi connectivity index (χ1v) is 4.96. The van der Waals surface area contributed by atoms with Crippen LogP contribution >= 0.6 is 0 Å². The molecule has 78 valence electrons. The second kappa shape index (κ2) is 4.96. The molecule has 14 heavy (non-hydrogen) atoms. The summed E-state index contributed by atoms with van der Waals surface area (Å²) in [6.07, 6.45) is 1.96. The Morgan fingerprint density at radius 3 is 2.71 bits per heavy atom. The summed E-state index contributed by atoms with van der Waals surface area (Å²) < 4.78 is 5.31. The van der Waals surface area contributed by atoms with E-state index in [2.05, 4.69) is 4.98 Å². The fourth-order valence-electron chi connectivity index (χ4n) is 1.29. The zero-order valence-electron chi connectivity index (χ0n) is 8.95. The molecule has 0 saturated heterocycles. The molecule has 0 bridgehead atoms. The van der Waals surface area contributed by atoms with Crippen molar-refractivity contribution in [2.24, 2.45) is 0 Å². The Morgan fingerprint density at radius 1 is 1.50 bits per heavy atom.